The first-order chi connectivity index (χ1) is 8.31. The minimum Gasteiger partial charge on any atom is -0.291 e. The Labute approximate surface area is 106 Å². The van der Waals surface area contributed by atoms with Gasteiger partial charge < -0.3 is 0 Å². The molecule has 1 heterocycles. The molecule has 0 unspecified atom stereocenters. The van der Waals surface area contributed by atoms with Crippen LogP contribution in [0.15, 0.2) is 47.8 Å². The maximum atomic E-state index is 9.19. The number of nitrogens with one attached hydrogen (secondary N) is 1. The summed E-state index contributed by atoms with van der Waals surface area (Å²) in [5, 5.41) is 14.5. The molecule has 0 amide bonds. The van der Waals surface area contributed by atoms with Crippen molar-refractivity contribution in [2.45, 2.75) is 19.0 Å². The van der Waals surface area contributed by atoms with E-state index in [2.05, 4.69) is 30.4 Å². The molecule has 3 heteroatoms. The molecule has 2 rings (SSSR count). The van der Waals surface area contributed by atoms with Gasteiger partial charge in [0.05, 0.1) is 6.07 Å². The predicted octanol–water partition coefficient (Wildman–Crippen LogP) is 3.66. The van der Waals surface area contributed by atoms with E-state index in [1.165, 1.54) is 5.56 Å². The Kier molecular flexibility index (Phi) is 3.92. The Balaban J connectivity index is 2.08. The average molecular weight is 242 g/mol. The third kappa shape index (κ3) is 2.94. The molecule has 0 fully saturated rings. The van der Waals surface area contributed by atoms with Gasteiger partial charge in [0.2, 0.25) is 0 Å². The molecular formula is C14H14N2S. The van der Waals surface area contributed by atoms with Crippen molar-refractivity contribution < 1.29 is 0 Å². The Hall–Kier alpha value is -1.63. The second kappa shape index (κ2) is 5.62. The van der Waals surface area contributed by atoms with E-state index >= 15 is 0 Å². The van der Waals surface area contributed by atoms with Crippen LogP contribution in [0.1, 0.15) is 29.4 Å². The third-order valence-corrected chi connectivity index (χ3v) is 3.61. The lowest BCUT2D eigenvalue weighted by Crippen LogP contribution is -2.22. The van der Waals surface area contributed by atoms with Gasteiger partial charge in [0.1, 0.15) is 6.04 Å². The molecule has 0 aliphatic carbocycles. The first kappa shape index (κ1) is 11.8. The van der Waals surface area contributed by atoms with Crippen LogP contribution in [0.25, 0.3) is 0 Å². The van der Waals surface area contributed by atoms with Gasteiger partial charge in [0.15, 0.2) is 0 Å². The van der Waals surface area contributed by atoms with Crippen molar-refractivity contribution >= 4 is 11.3 Å². The summed E-state index contributed by atoms with van der Waals surface area (Å²) in [7, 11) is 0. The molecule has 2 nitrogen and oxygen atoms in total. The standard InChI is InChI=1S/C14H14N2S/c1-11(12-6-3-2-4-7-12)16-13(10-15)14-8-5-9-17-14/h2-9,11,13,16H,1H3/t11-,13-/m1/s1. The van der Waals surface area contributed by atoms with Crippen LogP contribution in [0.2, 0.25) is 0 Å². The lowest BCUT2D eigenvalue weighted by molar-refractivity contribution is 0.538. The maximum Gasteiger partial charge on any atom is 0.131 e. The zero-order valence-electron chi connectivity index (χ0n) is 9.63. The third-order valence-electron chi connectivity index (χ3n) is 2.67. The number of nitrogens with zero attached hydrogens (tertiary/aromatic N) is 1. The molecule has 0 radical (unpaired) electrons. The number of benzene rings is 1. The van der Waals surface area contributed by atoms with Crippen LogP contribution in [0.3, 0.4) is 0 Å². The smallest absolute Gasteiger partial charge is 0.131 e. The van der Waals surface area contributed by atoms with E-state index in [1.807, 2.05) is 35.7 Å². The van der Waals surface area contributed by atoms with E-state index in [-0.39, 0.29) is 12.1 Å². The molecule has 0 saturated heterocycles. The molecule has 86 valence electrons. The van der Waals surface area contributed by atoms with Gasteiger partial charge in [0, 0.05) is 10.9 Å². The number of thiophene rings is 1. The van der Waals surface area contributed by atoms with Crippen molar-refractivity contribution in [3.05, 3.63) is 58.3 Å². The molecule has 1 aromatic carbocycles. The van der Waals surface area contributed by atoms with Crippen molar-refractivity contribution in [3.8, 4) is 6.07 Å². The van der Waals surface area contributed by atoms with E-state index in [4.69, 9.17) is 0 Å². The minimum absolute atomic E-state index is 0.169. The fraction of sp³-hybridized carbons (Fsp3) is 0.214. The van der Waals surface area contributed by atoms with Gasteiger partial charge >= 0.3 is 0 Å². The Bertz CT molecular complexity index is 485. The van der Waals surface area contributed by atoms with Crippen LogP contribution in [-0.2, 0) is 0 Å². The molecular weight excluding hydrogens is 228 g/mol. The van der Waals surface area contributed by atoms with Gasteiger partial charge in [-0.2, -0.15) is 5.26 Å². The molecule has 0 aliphatic heterocycles. The lowest BCUT2D eigenvalue weighted by Gasteiger charge is -2.17. The van der Waals surface area contributed by atoms with E-state index in [1.54, 1.807) is 11.3 Å². The molecule has 0 bridgehead atoms. The predicted molar refractivity (Wildman–Crippen MR) is 70.7 cm³/mol. The number of hydrogen-bond acceptors (Lipinski definition) is 3. The summed E-state index contributed by atoms with van der Waals surface area (Å²) in [4.78, 5) is 1.07. The fourth-order valence-corrected chi connectivity index (χ4v) is 2.45. The second-order valence-electron chi connectivity index (χ2n) is 3.88. The van der Waals surface area contributed by atoms with Crippen molar-refractivity contribution in [1.82, 2.24) is 5.32 Å². The van der Waals surface area contributed by atoms with Gasteiger partial charge in [-0.3, -0.25) is 5.32 Å². The summed E-state index contributed by atoms with van der Waals surface area (Å²) in [5.41, 5.74) is 1.20. The van der Waals surface area contributed by atoms with Crippen molar-refractivity contribution in [3.63, 3.8) is 0 Å². The maximum absolute atomic E-state index is 9.19. The quantitative estimate of drug-likeness (QED) is 0.888. The van der Waals surface area contributed by atoms with Gasteiger partial charge in [-0.1, -0.05) is 36.4 Å². The van der Waals surface area contributed by atoms with Crippen LogP contribution in [0.4, 0.5) is 0 Å². The zero-order chi connectivity index (χ0) is 12.1. The fourth-order valence-electron chi connectivity index (χ4n) is 1.73. The average Bonchev–Trinajstić information content (AvgIpc) is 2.90. The van der Waals surface area contributed by atoms with Crippen LogP contribution in [-0.4, -0.2) is 0 Å². The molecule has 1 N–H and O–H groups in total. The largest absolute Gasteiger partial charge is 0.291 e. The number of rotatable bonds is 4. The highest BCUT2D eigenvalue weighted by Gasteiger charge is 2.15. The van der Waals surface area contributed by atoms with Crippen molar-refractivity contribution in [1.29, 1.82) is 5.26 Å². The van der Waals surface area contributed by atoms with Gasteiger partial charge in [-0.05, 0) is 23.9 Å². The number of nitriles is 1. The summed E-state index contributed by atoms with van der Waals surface area (Å²) < 4.78 is 0. The van der Waals surface area contributed by atoms with Crippen molar-refractivity contribution in [2.75, 3.05) is 0 Å². The SMILES string of the molecule is C[C@@H](N[C@H](C#N)c1cccs1)c1ccccc1. The second-order valence-corrected chi connectivity index (χ2v) is 4.86. The zero-order valence-corrected chi connectivity index (χ0v) is 10.4. The van der Waals surface area contributed by atoms with E-state index < -0.39 is 0 Å². The summed E-state index contributed by atoms with van der Waals surface area (Å²) in [6.07, 6.45) is 0. The summed E-state index contributed by atoms with van der Waals surface area (Å²) >= 11 is 1.61. The summed E-state index contributed by atoms with van der Waals surface area (Å²) in [6.45, 7) is 2.08. The van der Waals surface area contributed by atoms with Gasteiger partial charge in [-0.15, -0.1) is 11.3 Å². The minimum atomic E-state index is -0.231. The van der Waals surface area contributed by atoms with E-state index in [0.29, 0.717) is 0 Å². The Morgan fingerprint density at radius 1 is 1.18 bits per heavy atom. The lowest BCUT2D eigenvalue weighted by atomic mass is 10.1. The molecule has 2 atom stereocenters. The van der Waals surface area contributed by atoms with Crippen LogP contribution in [0.5, 0.6) is 0 Å². The first-order valence-electron chi connectivity index (χ1n) is 5.55. The summed E-state index contributed by atoms with van der Waals surface area (Å²) in [5.74, 6) is 0. The highest BCUT2D eigenvalue weighted by atomic mass is 32.1. The van der Waals surface area contributed by atoms with E-state index in [9.17, 15) is 5.26 Å². The van der Waals surface area contributed by atoms with Crippen molar-refractivity contribution in [2.24, 2.45) is 0 Å². The van der Waals surface area contributed by atoms with Gasteiger partial charge in [-0.25, -0.2) is 0 Å². The summed E-state index contributed by atoms with van der Waals surface area (Å²) in [6, 6.07) is 16.4. The first-order valence-corrected chi connectivity index (χ1v) is 6.43. The monoisotopic (exact) mass is 242 g/mol. The Morgan fingerprint density at radius 3 is 2.53 bits per heavy atom. The molecule has 17 heavy (non-hydrogen) atoms. The van der Waals surface area contributed by atoms with Crippen LogP contribution < -0.4 is 5.32 Å². The normalized spacial score (nSPS) is 13.9. The Morgan fingerprint density at radius 2 is 1.94 bits per heavy atom. The molecule has 1 aromatic heterocycles. The topological polar surface area (TPSA) is 35.8 Å². The number of hydrogen-bond donors (Lipinski definition) is 1. The molecule has 0 aliphatic rings. The van der Waals surface area contributed by atoms with Crippen LogP contribution in [0, 0.1) is 11.3 Å². The van der Waals surface area contributed by atoms with Gasteiger partial charge in [0.25, 0.3) is 0 Å². The molecule has 0 saturated carbocycles. The highest BCUT2D eigenvalue weighted by molar-refractivity contribution is 7.10. The molecule has 0 spiro atoms. The highest BCUT2D eigenvalue weighted by Crippen LogP contribution is 2.22. The van der Waals surface area contributed by atoms with E-state index in [0.717, 1.165) is 4.88 Å². The molecule has 2 aromatic rings. The van der Waals surface area contributed by atoms with Crippen LogP contribution >= 0.6 is 11.3 Å².